The Bertz CT molecular complexity index is 987. The molecule has 3 nitrogen and oxygen atoms in total. The number of halogens is 1. The first-order chi connectivity index (χ1) is 14.1. The van der Waals surface area contributed by atoms with Crippen LogP contribution in [-0.4, -0.2) is 17.0 Å². The predicted molar refractivity (Wildman–Crippen MR) is 119 cm³/mol. The lowest BCUT2D eigenvalue weighted by atomic mass is 10.1. The Morgan fingerprint density at radius 1 is 1.00 bits per heavy atom. The van der Waals surface area contributed by atoms with Gasteiger partial charge < -0.3 is 9.88 Å². The van der Waals surface area contributed by atoms with Gasteiger partial charge in [0.1, 0.15) is 0 Å². The smallest absolute Gasteiger partial charge is 0.251 e. The number of hydrogen-bond acceptors (Lipinski definition) is 1. The van der Waals surface area contributed by atoms with Gasteiger partial charge in [0.25, 0.3) is 5.91 Å². The molecule has 0 atom stereocenters. The molecule has 0 radical (unpaired) electrons. The summed E-state index contributed by atoms with van der Waals surface area (Å²) in [7, 11) is 0. The molecule has 4 rings (SSSR count). The van der Waals surface area contributed by atoms with Crippen molar-refractivity contribution in [3.05, 3.63) is 87.7 Å². The number of hydrogen-bond donors (Lipinski definition) is 1. The number of carbonyl (C=O) groups excluding carboxylic acids is 1. The van der Waals surface area contributed by atoms with Gasteiger partial charge in [0.15, 0.2) is 0 Å². The Morgan fingerprint density at radius 2 is 1.72 bits per heavy atom. The van der Waals surface area contributed by atoms with Gasteiger partial charge in [-0.05, 0) is 92.6 Å². The summed E-state index contributed by atoms with van der Waals surface area (Å²) < 4.78 is 2.36. The molecule has 0 unspecified atom stereocenters. The van der Waals surface area contributed by atoms with Crippen LogP contribution in [0, 0.1) is 6.92 Å². The molecule has 0 bridgehead atoms. The van der Waals surface area contributed by atoms with E-state index in [1.54, 1.807) is 0 Å². The van der Waals surface area contributed by atoms with Crippen molar-refractivity contribution in [1.82, 2.24) is 9.88 Å². The van der Waals surface area contributed by atoms with Crippen LogP contribution in [0.2, 0.25) is 5.02 Å². The lowest BCUT2D eigenvalue weighted by Crippen LogP contribution is -2.25. The molecule has 2 aromatic carbocycles. The standard InChI is InChI=1S/C25H27ClN2O/c1-18-17-21-5-3-2-4-6-24(21)28(18)23-13-9-20(10-14-23)25(29)27-16-15-19-7-11-22(26)12-8-19/h7-14,17H,2-6,15-16H2,1H3,(H,27,29). The van der Waals surface area contributed by atoms with Gasteiger partial charge in [-0.2, -0.15) is 0 Å². The molecule has 1 heterocycles. The number of rotatable bonds is 5. The number of nitrogens with zero attached hydrogens (tertiary/aromatic N) is 1. The molecule has 150 valence electrons. The average molecular weight is 407 g/mol. The minimum atomic E-state index is -0.0337. The topological polar surface area (TPSA) is 34.0 Å². The number of fused-ring (bicyclic) bond motifs is 1. The van der Waals surface area contributed by atoms with Crippen molar-refractivity contribution in [2.24, 2.45) is 0 Å². The van der Waals surface area contributed by atoms with Crippen LogP contribution < -0.4 is 5.32 Å². The van der Waals surface area contributed by atoms with E-state index in [9.17, 15) is 4.79 Å². The second-order valence-electron chi connectivity index (χ2n) is 7.83. The molecule has 0 fully saturated rings. The summed E-state index contributed by atoms with van der Waals surface area (Å²) in [4.78, 5) is 12.5. The Balaban J connectivity index is 1.42. The zero-order valence-electron chi connectivity index (χ0n) is 16.9. The van der Waals surface area contributed by atoms with Crippen LogP contribution in [-0.2, 0) is 19.3 Å². The Labute approximate surface area is 177 Å². The van der Waals surface area contributed by atoms with E-state index in [2.05, 4.69) is 35.0 Å². The van der Waals surface area contributed by atoms with Crippen molar-refractivity contribution in [3.63, 3.8) is 0 Å². The maximum absolute atomic E-state index is 12.5. The van der Waals surface area contributed by atoms with E-state index in [1.165, 1.54) is 42.6 Å². The molecular weight excluding hydrogens is 380 g/mol. The molecule has 4 heteroatoms. The third-order valence-electron chi connectivity index (χ3n) is 5.74. The summed E-state index contributed by atoms with van der Waals surface area (Å²) in [5, 5.41) is 3.74. The molecule has 29 heavy (non-hydrogen) atoms. The first-order valence-electron chi connectivity index (χ1n) is 10.4. The minimum Gasteiger partial charge on any atom is -0.352 e. The highest BCUT2D eigenvalue weighted by molar-refractivity contribution is 6.30. The number of aryl methyl sites for hydroxylation is 2. The third-order valence-corrected chi connectivity index (χ3v) is 5.99. The van der Waals surface area contributed by atoms with Gasteiger partial charge in [0.2, 0.25) is 0 Å². The van der Waals surface area contributed by atoms with Gasteiger partial charge in [-0.1, -0.05) is 30.2 Å². The molecule has 1 N–H and O–H groups in total. The Morgan fingerprint density at radius 3 is 2.48 bits per heavy atom. The Kier molecular flexibility index (Phi) is 6.05. The molecule has 1 aromatic heterocycles. The molecule has 1 aliphatic carbocycles. The summed E-state index contributed by atoms with van der Waals surface area (Å²) in [6.45, 7) is 2.78. The second-order valence-corrected chi connectivity index (χ2v) is 8.27. The SMILES string of the molecule is Cc1cc2c(n1-c1ccc(C(=O)NCCc3ccc(Cl)cc3)cc1)CCCCC2. The average Bonchev–Trinajstić information content (AvgIpc) is 2.88. The molecule has 0 saturated heterocycles. The lowest BCUT2D eigenvalue weighted by Gasteiger charge is -2.13. The van der Waals surface area contributed by atoms with E-state index in [0.717, 1.165) is 29.1 Å². The molecule has 3 aromatic rings. The van der Waals surface area contributed by atoms with Gasteiger partial charge >= 0.3 is 0 Å². The molecule has 1 aliphatic rings. The van der Waals surface area contributed by atoms with Gasteiger partial charge in [0.05, 0.1) is 0 Å². The highest BCUT2D eigenvalue weighted by Gasteiger charge is 2.16. The van der Waals surface area contributed by atoms with Crippen LogP contribution in [0.15, 0.2) is 54.6 Å². The third kappa shape index (κ3) is 4.56. The summed E-state index contributed by atoms with van der Waals surface area (Å²) in [6.07, 6.45) is 6.95. The highest BCUT2D eigenvalue weighted by Crippen LogP contribution is 2.27. The van der Waals surface area contributed by atoms with E-state index in [0.29, 0.717) is 12.1 Å². The largest absolute Gasteiger partial charge is 0.352 e. The lowest BCUT2D eigenvalue weighted by molar-refractivity contribution is 0.0954. The van der Waals surface area contributed by atoms with E-state index in [4.69, 9.17) is 11.6 Å². The minimum absolute atomic E-state index is 0.0337. The first-order valence-corrected chi connectivity index (χ1v) is 10.8. The fourth-order valence-corrected chi connectivity index (χ4v) is 4.35. The molecule has 0 spiro atoms. The molecule has 1 amide bonds. The van der Waals surface area contributed by atoms with Gasteiger partial charge in [0, 0.05) is 34.2 Å². The maximum Gasteiger partial charge on any atom is 0.251 e. The van der Waals surface area contributed by atoms with Crippen molar-refractivity contribution >= 4 is 17.5 Å². The highest BCUT2D eigenvalue weighted by atomic mass is 35.5. The van der Waals surface area contributed by atoms with Crippen LogP contribution in [0.5, 0.6) is 0 Å². The second kappa shape index (κ2) is 8.87. The van der Waals surface area contributed by atoms with Crippen LogP contribution in [0.25, 0.3) is 5.69 Å². The Hall–Kier alpha value is -2.52. The fraction of sp³-hybridized carbons (Fsp3) is 0.320. The van der Waals surface area contributed by atoms with E-state index < -0.39 is 0 Å². The first kappa shape index (κ1) is 19.8. The van der Waals surface area contributed by atoms with Crippen LogP contribution in [0.4, 0.5) is 0 Å². The summed E-state index contributed by atoms with van der Waals surface area (Å²) in [5.41, 5.74) is 7.21. The zero-order valence-corrected chi connectivity index (χ0v) is 17.6. The van der Waals surface area contributed by atoms with Crippen LogP contribution >= 0.6 is 11.6 Å². The van der Waals surface area contributed by atoms with Gasteiger partial charge in [-0.15, -0.1) is 0 Å². The normalized spacial score (nSPS) is 13.6. The number of carbonyl (C=O) groups is 1. The van der Waals surface area contributed by atoms with E-state index >= 15 is 0 Å². The molecule has 0 saturated carbocycles. The van der Waals surface area contributed by atoms with Crippen LogP contribution in [0.3, 0.4) is 0 Å². The maximum atomic E-state index is 12.5. The fourth-order valence-electron chi connectivity index (χ4n) is 4.22. The molecule has 0 aliphatic heterocycles. The summed E-state index contributed by atoms with van der Waals surface area (Å²) in [5.74, 6) is -0.0337. The van der Waals surface area contributed by atoms with Gasteiger partial charge in [-0.3, -0.25) is 4.79 Å². The van der Waals surface area contributed by atoms with Crippen molar-refractivity contribution in [2.75, 3.05) is 6.54 Å². The van der Waals surface area contributed by atoms with Gasteiger partial charge in [-0.25, -0.2) is 0 Å². The quantitative estimate of drug-likeness (QED) is 0.543. The van der Waals surface area contributed by atoms with Crippen molar-refractivity contribution in [3.8, 4) is 5.69 Å². The number of aromatic nitrogens is 1. The van der Waals surface area contributed by atoms with Crippen molar-refractivity contribution in [2.45, 2.75) is 45.4 Å². The number of amides is 1. The number of nitrogens with one attached hydrogen (secondary N) is 1. The van der Waals surface area contributed by atoms with Crippen molar-refractivity contribution < 1.29 is 4.79 Å². The van der Waals surface area contributed by atoms with E-state index in [-0.39, 0.29) is 5.91 Å². The monoisotopic (exact) mass is 406 g/mol. The molecular formula is C25H27ClN2O. The van der Waals surface area contributed by atoms with Crippen molar-refractivity contribution in [1.29, 1.82) is 0 Å². The van der Waals surface area contributed by atoms with Crippen LogP contribution in [0.1, 0.15) is 52.1 Å². The zero-order chi connectivity index (χ0) is 20.2. The summed E-state index contributed by atoms with van der Waals surface area (Å²) >= 11 is 5.91. The van der Waals surface area contributed by atoms with E-state index in [1.807, 2.05) is 36.4 Å². The summed E-state index contributed by atoms with van der Waals surface area (Å²) in [6, 6.07) is 18.0. The number of benzene rings is 2. The predicted octanol–water partition coefficient (Wildman–Crippen LogP) is 5.68.